The topological polar surface area (TPSA) is 94.8 Å². The maximum atomic E-state index is 13.2. The molecule has 2 aromatic rings. The van der Waals surface area contributed by atoms with E-state index in [0.717, 1.165) is 19.4 Å². The lowest BCUT2D eigenvalue weighted by molar-refractivity contribution is -0.127. The first-order valence-corrected chi connectivity index (χ1v) is 10.3. The van der Waals surface area contributed by atoms with Gasteiger partial charge in [-0.05, 0) is 50.6 Å². The molecule has 0 aliphatic carbocycles. The van der Waals surface area contributed by atoms with Crippen LogP contribution in [0.3, 0.4) is 0 Å². The molecular formula is C21H28N6O3. The number of fused-ring (bicyclic) bond motifs is 1. The van der Waals surface area contributed by atoms with Crippen molar-refractivity contribution in [3.8, 4) is 0 Å². The van der Waals surface area contributed by atoms with Gasteiger partial charge in [-0.25, -0.2) is 4.63 Å². The minimum Gasteiger partial charge on any atom is -0.374 e. The van der Waals surface area contributed by atoms with E-state index in [-0.39, 0.29) is 18.4 Å². The molecule has 9 nitrogen and oxygen atoms in total. The van der Waals surface area contributed by atoms with Crippen LogP contribution in [0.15, 0.2) is 22.8 Å². The zero-order chi connectivity index (χ0) is 21.3. The maximum absolute atomic E-state index is 13.2. The second-order valence-corrected chi connectivity index (χ2v) is 8.13. The minimum absolute atomic E-state index is 0.0199. The van der Waals surface area contributed by atoms with Crippen LogP contribution in [0.25, 0.3) is 0 Å². The van der Waals surface area contributed by atoms with E-state index in [9.17, 15) is 9.59 Å². The van der Waals surface area contributed by atoms with Gasteiger partial charge in [0.05, 0.1) is 6.54 Å². The molecule has 4 rings (SSSR count). The average molecular weight is 412 g/mol. The van der Waals surface area contributed by atoms with Gasteiger partial charge in [0.25, 0.3) is 5.91 Å². The SMILES string of the molecule is Cc1nonc1CNC(=O)[C@H]1CN(C(=O)c2ccc3c(c2)CCCN3C)CCN1C. The molecule has 1 saturated heterocycles. The molecular weight excluding hydrogens is 384 g/mol. The van der Waals surface area contributed by atoms with E-state index in [2.05, 4.69) is 32.2 Å². The Morgan fingerprint density at radius 1 is 1.20 bits per heavy atom. The van der Waals surface area contributed by atoms with E-state index in [1.807, 2.05) is 30.1 Å². The summed E-state index contributed by atoms with van der Waals surface area (Å²) in [5.74, 6) is -0.155. The molecule has 30 heavy (non-hydrogen) atoms. The summed E-state index contributed by atoms with van der Waals surface area (Å²) in [5, 5.41) is 10.4. The number of likely N-dealkylation sites (N-methyl/N-ethyl adjacent to an activating group) is 1. The molecule has 0 radical (unpaired) electrons. The number of hydrogen-bond acceptors (Lipinski definition) is 7. The maximum Gasteiger partial charge on any atom is 0.253 e. The zero-order valence-electron chi connectivity index (χ0n) is 17.7. The molecule has 1 N–H and O–H groups in total. The fourth-order valence-electron chi connectivity index (χ4n) is 4.14. The molecule has 9 heteroatoms. The molecule has 1 atom stereocenters. The number of carbonyl (C=O) groups is 2. The second-order valence-electron chi connectivity index (χ2n) is 8.13. The smallest absolute Gasteiger partial charge is 0.253 e. The summed E-state index contributed by atoms with van der Waals surface area (Å²) < 4.78 is 4.67. The monoisotopic (exact) mass is 412 g/mol. The Hall–Kier alpha value is -2.94. The number of benzene rings is 1. The summed E-state index contributed by atoms with van der Waals surface area (Å²) in [7, 11) is 3.99. The highest BCUT2D eigenvalue weighted by Gasteiger charge is 2.33. The van der Waals surface area contributed by atoms with Crippen LogP contribution in [0.4, 0.5) is 5.69 Å². The number of carbonyl (C=O) groups excluding carboxylic acids is 2. The van der Waals surface area contributed by atoms with E-state index in [4.69, 9.17) is 0 Å². The third kappa shape index (κ3) is 4.02. The van der Waals surface area contributed by atoms with Crippen LogP contribution >= 0.6 is 0 Å². The van der Waals surface area contributed by atoms with Crippen LogP contribution in [0.5, 0.6) is 0 Å². The highest BCUT2D eigenvalue weighted by Crippen LogP contribution is 2.27. The number of aryl methyl sites for hydroxylation is 2. The zero-order valence-corrected chi connectivity index (χ0v) is 17.7. The van der Waals surface area contributed by atoms with Crippen molar-refractivity contribution in [2.45, 2.75) is 32.4 Å². The van der Waals surface area contributed by atoms with Crippen molar-refractivity contribution in [1.82, 2.24) is 25.4 Å². The third-order valence-electron chi connectivity index (χ3n) is 6.09. The fourth-order valence-corrected chi connectivity index (χ4v) is 4.14. The number of nitrogens with one attached hydrogen (secondary N) is 1. The lowest BCUT2D eigenvalue weighted by atomic mass is 9.99. The molecule has 2 aliphatic heterocycles. The number of aromatic nitrogens is 2. The number of amides is 2. The summed E-state index contributed by atoms with van der Waals surface area (Å²) >= 11 is 0. The van der Waals surface area contributed by atoms with Crippen molar-refractivity contribution in [1.29, 1.82) is 0 Å². The van der Waals surface area contributed by atoms with E-state index < -0.39 is 6.04 Å². The highest BCUT2D eigenvalue weighted by atomic mass is 16.6. The Kier molecular flexibility index (Phi) is 5.72. The van der Waals surface area contributed by atoms with E-state index in [1.165, 1.54) is 11.3 Å². The standard InChI is InChI=1S/C21H28N6O3/c1-14-17(24-30-23-14)12-22-20(28)19-13-27(10-9-26(19)3)21(29)16-6-7-18-15(11-16)5-4-8-25(18)2/h6-7,11,19H,4-5,8-10,12-13H2,1-3H3,(H,22,28)/t19-/m1/s1. The van der Waals surface area contributed by atoms with Crippen LogP contribution < -0.4 is 10.2 Å². The van der Waals surface area contributed by atoms with Crippen molar-refractivity contribution in [3.05, 3.63) is 40.7 Å². The lowest BCUT2D eigenvalue weighted by Crippen LogP contribution is -2.58. The third-order valence-corrected chi connectivity index (χ3v) is 6.09. The number of hydrogen-bond donors (Lipinski definition) is 1. The first-order valence-electron chi connectivity index (χ1n) is 10.3. The molecule has 0 unspecified atom stereocenters. The van der Waals surface area contributed by atoms with Gasteiger partial charge in [0, 0.05) is 44.5 Å². The van der Waals surface area contributed by atoms with Gasteiger partial charge in [-0.2, -0.15) is 0 Å². The molecule has 2 aliphatic rings. The quantitative estimate of drug-likeness (QED) is 0.795. The van der Waals surface area contributed by atoms with Gasteiger partial charge in [0.2, 0.25) is 5.91 Å². The largest absolute Gasteiger partial charge is 0.374 e. The molecule has 1 fully saturated rings. The Bertz CT molecular complexity index is 943. The average Bonchev–Trinajstić information content (AvgIpc) is 3.16. The predicted molar refractivity (Wildman–Crippen MR) is 111 cm³/mol. The number of rotatable bonds is 4. The number of nitrogens with zero attached hydrogens (tertiary/aromatic N) is 5. The molecule has 1 aromatic heterocycles. The molecule has 1 aromatic carbocycles. The van der Waals surface area contributed by atoms with Gasteiger partial charge in [-0.15, -0.1) is 0 Å². The van der Waals surface area contributed by atoms with Gasteiger partial charge in [-0.3, -0.25) is 14.5 Å². The second kappa shape index (κ2) is 8.43. The van der Waals surface area contributed by atoms with Gasteiger partial charge in [-0.1, -0.05) is 10.3 Å². The van der Waals surface area contributed by atoms with Crippen LogP contribution in [-0.4, -0.2) is 78.2 Å². The normalized spacial score (nSPS) is 19.5. The summed E-state index contributed by atoms with van der Waals surface area (Å²) in [6.45, 7) is 4.67. The Labute approximate surface area is 176 Å². The first kappa shape index (κ1) is 20.3. The van der Waals surface area contributed by atoms with Crippen molar-refractivity contribution >= 4 is 17.5 Å². The summed E-state index contributed by atoms with van der Waals surface area (Å²) in [6, 6.07) is 5.54. The van der Waals surface area contributed by atoms with Crippen LogP contribution in [0, 0.1) is 6.92 Å². The van der Waals surface area contributed by atoms with Crippen LogP contribution in [0.1, 0.15) is 33.7 Å². The molecule has 0 spiro atoms. The van der Waals surface area contributed by atoms with Crippen molar-refractivity contribution < 1.29 is 14.2 Å². The Morgan fingerprint density at radius 3 is 2.80 bits per heavy atom. The molecule has 3 heterocycles. The molecule has 0 saturated carbocycles. The van der Waals surface area contributed by atoms with Gasteiger partial charge in [0.15, 0.2) is 0 Å². The first-order chi connectivity index (χ1) is 14.4. The van der Waals surface area contributed by atoms with E-state index in [0.29, 0.717) is 36.6 Å². The number of anilines is 1. The predicted octanol–water partition coefficient (Wildman–Crippen LogP) is 0.833. The van der Waals surface area contributed by atoms with Crippen molar-refractivity contribution in [2.24, 2.45) is 0 Å². The Balaban J connectivity index is 1.43. The molecule has 0 bridgehead atoms. The molecule has 160 valence electrons. The van der Waals surface area contributed by atoms with Crippen molar-refractivity contribution in [3.63, 3.8) is 0 Å². The van der Waals surface area contributed by atoms with Gasteiger partial charge < -0.3 is 15.1 Å². The summed E-state index contributed by atoms with van der Waals surface area (Å²) in [6.07, 6.45) is 2.09. The minimum atomic E-state index is -0.411. The van der Waals surface area contributed by atoms with E-state index in [1.54, 1.807) is 11.8 Å². The number of piperazine rings is 1. The van der Waals surface area contributed by atoms with E-state index >= 15 is 0 Å². The summed E-state index contributed by atoms with van der Waals surface area (Å²) in [4.78, 5) is 31.9. The fraction of sp³-hybridized carbons (Fsp3) is 0.524. The molecule has 2 amide bonds. The van der Waals surface area contributed by atoms with Crippen LogP contribution in [-0.2, 0) is 17.8 Å². The van der Waals surface area contributed by atoms with Gasteiger partial charge in [0.1, 0.15) is 17.4 Å². The highest BCUT2D eigenvalue weighted by molar-refractivity contribution is 5.95. The summed E-state index contributed by atoms with van der Waals surface area (Å²) in [5.41, 5.74) is 4.37. The van der Waals surface area contributed by atoms with Gasteiger partial charge >= 0.3 is 0 Å². The Morgan fingerprint density at radius 2 is 2.03 bits per heavy atom. The van der Waals surface area contributed by atoms with Crippen LogP contribution in [0.2, 0.25) is 0 Å². The van der Waals surface area contributed by atoms with Crippen molar-refractivity contribution in [2.75, 3.05) is 45.2 Å². The lowest BCUT2D eigenvalue weighted by Gasteiger charge is -2.38.